The highest BCUT2D eigenvalue weighted by molar-refractivity contribution is 5.96. The van der Waals surface area contributed by atoms with Gasteiger partial charge in [0.05, 0.1) is 18.0 Å². The molecule has 8 nitrogen and oxygen atoms in total. The third kappa shape index (κ3) is 4.35. The van der Waals surface area contributed by atoms with Crippen molar-refractivity contribution < 1.29 is 18.0 Å². The van der Waals surface area contributed by atoms with Crippen molar-refractivity contribution in [3.05, 3.63) is 60.3 Å². The van der Waals surface area contributed by atoms with Crippen molar-refractivity contribution in [1.29, 1.82) is 0 Å². The molecule has 11 heteroatoms. The van der Waals surface area contributed by atoms with Crippen LogP contribution >= 0.6 is 0 Å². The summed E-state index contributed by atoms with van der Waals surface area (Å²) in [6.07, 6.45) is 2.42. The van der Waals surface area contributed by atoms with Gasteiger partial charge in [-0.05, 0) is 44.0 Å². The second-order valence-electron chi connectivity index (χ2n) is 7.25. The first-order chi connectivity index (χ1) is 14.8. The smallest absolute Gasteiger partial charge is 0.365 e. The number of rotatable bonds is 4. The lowest BCUT2D eigenvalue weighted by atomic mass is 9.96. The summed E-state index contributed by atoms with van der Waals surface area (Å²) in [5.41, 5.74) is -0.0931. The van der Waals surface area contributed by atoms with Gasteiger partial charge in [0.25, 0.3) is 5.91 Å². The van der Waals surface area contributed by atoms with Gasteiger partial charge in [0, 0.05) is 31.0 Å². The Labute approximate surface area is 176 Å². The fourth-order valence-electron chi connectivity index (χ4n) is 3.66. The van der Waals surface area contributed by atoms with Crippen LogP contribution in [0.2, 0.25) is 0 Å². The minimum absolute atomic E-state index is 0.170. The van der Waals surface area contributed by atoms with E-state index in [1.807, 2.05) is 6.92 Å². The highest BCUT2D eigenvalue weighted by Gasteiger charge is 2.34. The fourth-order valence-corrected chi connectivity index (χ4v) is 3.66. The largest absolute Gasteiger partial charge is 0.417 e. The predicted octanol–water partition coefficient (Wildman–Crippen LogP) is 3.18. The first-order valence-corrected chi connectivity index (χ1v) is 9.77. The molecule has 0 spiro atoms. The van der Waals surface area contributed by atoms with Crippen LogP contribution in [-0.2, 0) is 6.18 Å². The lowest BCUT2D eigenvalue weighted by molar-refractivity contribution is -0.137. The number of carbonyl (C=O) groups is 1. The normalized spacial score (nSPS) is 19.3. The van der Waals surface area contributed by atoms with Gasteiger partial charge in [-0.1, -0.05) is 0 Å². The minimum Gasteiger partial charge on any atom is -0.365 e. The number of alkyl halides is 3. The Hall–Kier alpha value is -3.50. The predicted molar refractivity (Wildman–Crippen MR) is 106 cm³/mol. The van der Waals surface area contributed by atoms with Crippen molar-refractivity contribution in [3.63, 3.8) is 0 Å². The summed E-state index contributed by atoms with van der Waals surface area (Å²) >= 11 is 0. The van der Waals surface area contributed by atoms with E-state index in [1.54, 1.807) is 17.0 Å². The maximum Gasteiger partial charge on any atom is 0.417 e. The zero-order valence-electron chi connectivity index (χ0n) is 16.6. The Bertz CT molecular complexity index is 1040. The third-order valence-corrected chi connectivity index (χ3v) is 5.30. The third-order valence-electron chi connectivity index (χ3n) is 5.30. The van der Waals surface area contributed by atoms with Gasteiger partial charge in [-0.25, -0.2) is 9.97 Å². The molecule has 1 N–H and O–H groups in total. The van der Waals surface area contributed by atoms with Crippen LogP contribution in [0.15, 0.2) is 49.1 Å². The van der Waals surface area contributed by atoms with Gasteiger partial charge in [-0.2, -0.15) is 23.4 Å². The summed E-state index contributed by atoms with van der Waals surface area (Å²) in [7, 11) is 0. The molecule has 4 rings (SSSR count). The van der Waals surface area contributed by atoms with Crippen molar-refractivity contribution >= 4 is 11.7 Å². The molecule has 0 unspecified atom stereocenters. The van der Waals surface area contributed by atoms with Crippen molar-refractivity contribution in [2.45, 2.75) is 38.0 Å². The van der Waals surface area contributed by atoms with E-state index in [9.17, 15) is 18.0 Å². The number of anilines is 1. The molecule has 3 aromatic rings. The Morgan fingerprint density at radius 1 is 1.13 bits per heavy atom. The van der Waals surface area contributed by atoms with Crippen LogP contribution in [0.25, 0.3) is 5.69 Å². The van der Waals surface area contributed by atoms with Crippen molar-refractivity contribution in [3.8, 4) is 5.69 Å². The van der Waals surface area contributed by atoms with Crippen molar-refractivity contribution in [2.24, 2.45) is 0 Å². The summed E-state index contributed by atoms with van der Waals surface area (Å²) < 4.78 is 38.3. The van der Waals surface area contributed by atoms with Crippen LogP contribution in [0.5, 0.6) is 0 Å². The SMILES string of the molecule is C[C@@H]1[C@@H](Nc2ccc(C(F)(F)F)cn2)CCCN1C(=O)c1ncccc1-n1nccn1. The molecule has 31 heavy (non-hydrogen) atoms. The van der Waals surface area contributed by atoms with Gasteiger partial charge in [0.15, 0.2) is 5.69 Å². The van der Waals surface area contributed by atoms with Gasteiger partial charge in [-0.15, -0.1) is 4.80 Å². The summed E-state index contributed by atoms with van der Waals surface area (Å²) in [6.45, 7) is 2.44. The Kier molecular flexibility index (Phi) is 5.57. The standard InChI is InChI=1S/C20H20F3N7O/c1-13-15(28-17-7-6-14(12-25-17)20(21,22)23)4-3-11-29(13)19(31)18-16(5-2-8-24-18)30-26-9-10-27-30/h2,5-10,12-13,15H,3-4,11H2,1H3,(H,25,28)/t13-,15+/m1/s1. The maximum atomic E-state index is 13.3. The van der Waals surface area contributed by atoms with Gasteiger partial charge < -0.3 is 10.2 Å². The quantitative estimate of drug-likeness (QED) is 0.683. The minimum atomic E-state index is -4.43. The molecule has 0 aromatic carbocycles. The molecule has 1 aliphatic heterocycles. The highest BCUT2D eigenvalue weighted by atomic mass is 19.4. The number of hydrogen-bond donors (Lipinski definition) is 1. The highest BCUT2D eigenvalue weighted by Crippen LogP contribution is 2.29. The van der Waals surface area contributed by atoms with Crippen LogP contribution in [0.4, 0.5) is 19.0 Å². The van der Waals surface area contributed by atoms with Crippen LogP contribution in [0.1, 0.15) is 35.8 Å². The molecule has 1 fully saturated rings. The molecule has 162 valence electrons. The molecule has 1 amide bonds. The summed E-state index contributed by atoms with van der Waals surface area (Å²) in [5.74, 6) is 0.0747. The molecule has 0 saturated carbocycles. The van der Waals surface area contributed by atoms with E-state index in [2.05, 4.69) is 25.5 Å². The fraction of sp³-hybridized carbons (Fsp3) is 0.350. The van der Waals surface area contributed by atoms with E-state index < -0.39 is 11.7 Å². The van der Waals surface area contributed by atoms with E-state index in [4.69, 9.17) is 0 Å². The number of nitrogens with zero attached hydrogens (tertiary/aromatic N) is 6. The first kappa shape index (κ1) is 20.8. The van der Waals surface area contributed by atoms with Crippen LogP contribution < -0.4 is 5.32 Å². The Morgan fingerprint density at radius 3 is 2.58 bits per heavy atom. The number of pyridine rings is 2. The van der Waals surface area contributed by atoms with Gasteiger partial charge in [0.2, 0.25) is 0 Å². The van der Waals surface area contributed by atoms with Crippen LogP contribution in [0.3, 0.4) is 0 Å². The lowest BCUT2D eigenvalue weighted by Crippen LogP contribution is -2.52. The molecule has 3 aromatic heterocycles. The number of aromatic nitrogens is 5. The number of likely N-dealkylation sites (tertiary alicyclic amines) is 1. The Morgan fingerprint density at radius 2 is 1.90 bits per heavy atom. The molecule has 2 atom stereocenters. The summed E-state index contributed by atoms with van der Waals surface area (Å²) in [4.78, 5) is 24.5. The Balaban J connectivity index is 1.52. The molecule has 1 aliphatic rings. The topological polar surface area (TPSA) is 88.8 Å². The lowest BCUT2D eigenvalue weighted by Gasteiger charge is -2.40. The number of nitrogens with one attached hydrogen (secondary N) is 1. The second-order valence-corrected chi connectivity index (χ2v) is 7.25. The number of halogens is 3. The van der Waals surface area contributed by atoms with Gasteiger partial charge in [0.1, 0.15) is 11.5 Å². The van der Waals surface area contributed by atoms with E-state index in [0.717, 1.165) is 25.1 Å². The number of amides is 1. The van der Waals surface area contributed by atoms with Gasteiger partial charge >= 0.3 is 6.18 Å². The molecule has 1 saturated heterocycles. The zero-order chi connectivity index (χ0) is 22.0. The summed E-state index contributed by atoms with van der Waals surface area (Å²) in [5, 5.41) is 11.3. The van der Waals surface area contributed by atoms with Crippen LogP contribution in [-0.4, -0.2) is 54.4 Å². The van der Waals surface area contributed by atoms with E-state index in [1.165, 1.54) is 29.5 Å². The molecule has 4 heterocycles. The number of hydrogen-bond acceptors (Lipinski definition) is 6. The van der Waals surface area contributed by atoms with E-state index >= 15 is 0 Å². The van der Waals surface area contributed by atoms with Crippen LogP contribution in [0, 0.1) is 0 Å². The number of carbonyl (C=O) groups excluding carboxylic acids is 1. The van der Waals surface area contributed by atoms with E-state index in [-0.39, 0.29) is 23.7 Å². The van der Waals surface area contributed by atoms with Crippen molar-refractivity contribution in [2.75, 3.05) is 11.9 Å². The molecular formula is C20H20F3N7O. The maximum absolute atomic E-state index is 13.3. The zero-order valence-corrected chi connectivity index (χ0v) is 16.6. The molecule has 0 radical (unpaired) electrons. The molecule has 0 bridgehead atoms. The van der Waals surface area contributed by atoms with Gasteiger partial charge in [-0.3, -0.25) is 4.79 Å². The average molecular weight is 431 g/mol. The average Bonchev–Trinajstić information content (AvgIpc) is 3.29. The molecule has 0 aliphatic carbocycles. The second kappa shape index (κ2) is 8.32. The van der Waals surface area contributed by atoms with Crippen molar-refractivity contribution in [1.82, 2.24) is 29.9 Å². The summed E-state index contributed by atoms with van der Waals surface area (Å²) in [6, 6.07) is 5.31. The first-order valence-electron chi connectivity index (χ1n) is 9.77. The monoisotopic (exact) mass is 431 g/mol. The molecular weight excluding hydrogens is 411 g/mol. The number of piperidine rings is 1. The van der Waals surface area contributed by atoms with E-state index in [0.29, 0.717) is 18.1 Å².